The maximum absolute atomic E-state index is 11.8. The summed E-state index contributed by atoms with van der Waals surface area (Å²) in [5.41, 5.74) is -0.495. The molecule has 0 spiro atoms. The molecule has 25 heavy (non-hydrogen) atoms. The van der Waals surface area contributed by atoms with Crippen molar-refractivity contribution in [3.8, 4) is 0 Å². The second-order valence-corrected chi connectivity index (χ2v) is 8.44. The molecule has 0 aromatic heterocycles. The Labute approximate surface area is 153 Å². The number of carbonyl (C=O) groups excluding carboxylic acids is 2. The van der Waals surface area contributed by atoms with Crippen molar-refractivity contribution in [2.45, 2.75) is 65.9 Å². The molecular weight excluding hydrogens is 318 g/mol. The largest absolute Gasteiger partial charge is 0.444 e. The third-order valence-electron chi connectivity index (χ3n) is 4.17. The van der Waals surface area contributed by atoms with E-state index in [1.54, 1.807) is 0 Å². The van der Waals surface area contributed by atoms with Gasteiger partial charge in [0.05, 0.1) is 0 Å². The van der Waals surface area contributed by atoms with Gasteiger partial charge in [-0.3, -0.25) is 4.79 Å². The summed E-state index contributed by atoms with van der Waals surface area (Å²) in [4.78, 5) is 25.8. The summed E-state index contributed by atoms with van der Waals surface area (Å²) in [7, 11) is 0. The highest BCUT2D eigenvalue weighted by molar-refractivity contribution is 5.75. The number of rotatable bonds is 8. The van der Waals surface area contributed by atoms with E-state index in [0.29, 0.717) is 19.4 Å². The minimum absolute atomic E-state index is 0.0476. The van der Waals surface area contributed by atoms with Gasteiger partial charge in [0.1, 0.15) is 5.60 Å². The fourth-order valence-corrected chi connectivity index (χ4v) is 3.35. The van der Waals surface area contributed by atoms with Crippen LogP contribution < -0.4 is 10.6 Å². The number of piperidine rings is 1. The summed E-state index contributed by atoms with van der Waals surface area (Å²) >= 11 is 0. The minimum Gasteiger partial charge on any atom is -0.444 e. The molecule has 1 fully saturated rings. The first kappa shape index (κ1) is 21.7. The molecule has 6 heteroatoms. The molecule has 0 aliphatic carbocycles. The average molecular weight is 356 g/mol. The molecule has 1 aliphatic heterocycles. The predicted octanol–water partition coefficient (Wildman–Crippen LogP) is 2.78. The minimum atomic E-state index is -0.495. The highest BCUT2D eigenvalue weighted by Gasteiger charge is 2.21. The Morgan fingerprint density at radius 3 is 2.24 bits per heavy atom. The van der Waals surface area contributed by atoms with Crippen LogP contribution in [0.2, 0.25) is 0 Å². The van der Waals surface area contributed by atoms with Crippen LogP contribution in [-0.2, 0) is 9.53 Å². The second kappa shape index (κ2) is 10.6. The predicted molar refractivity (Wildman–Crippen MR) is 100 cm³/mol. The number of alkyl carbamates (subject to hydrolysis) is 1. The Balaban J connectivity index is 2.01. The molecule has 146 valence electrons. The number of nitrogens with one attached hydrogen (secondary N) is 2. The third kappa shape index (κ3) is 11.0. The summed E-state index contributed by atoms with van der Waals surface area (Å²) in [6.07, 6.45) is 2.92. The molecule has 2 amide bonds. The lowest BCUT2D eigenvalue weighted by atomic mass is 9.92. The molecule has 0 radical (unpaired) electrons. The van der Waals surface area contributed by atoms with Crippen LogP contribution >= 0.6 is 0 Å². The lowest BCUT2D eigenvalue weighted by Crippen LogP contribution is -2.40. The van der Waals surface area contributed by atoms with Gasteiger partial charge in [-0.05, 0) is 58.4 Å². The quantitative estimate of drug-likeness (QED) is 0.657. The second-order valence-electron chi connectivity index (χ2n) is 8.44. The molecule has 1 rings (SSSR count). The van der Waals surface area contributed by atoms with Gasteiger partial charge in [0.2, 0.25) is 5.91 Å². The zero-order chi connectivity index (χ0) is 18.9. The number of nitrogens with zero attached hydrogens (tertiary/aromatic N) is 1. The van der Waals surface area contributed by atoms with E-state index in [2.05, 4.69) is 29.4 Å². The van der Waals surface area contributed by atoms with Crippen molar-refractivity contribution in [1.82, 2.24) is 15.5 Å². The maximum atomic E-state index is 11.8. The van der Waals surface area contributed by atoms with Gasteiger partial charge in [-0.25, -0.2) is 4.79 Å². The summed E-state index contributed by atoms with van der Waals surface area (Å²) in [6.45, 7) is 14.7. The molecule has 2 N–H and O–H groups in total. The monoisotopic (exact) mass is 355 g/mol. The van der Waals surface area contributed by atoms with Crippen molar-refractivity contribution in [3.05, 3.63) is 0 Å². The molecule has 0 aromatic carbocycles. The van der Waals surface area contributed by atoms with E-state index in [-0.39, 0.29) is 5.91 Å². The number of amides is 2. The molecule has 0 bridgehead atoms. The first-order chi connectivity index (χ1) is 11.7. The van der Waals surface area contributed by atoms with Gasteiger partial charge in [-0.15, -0.1) is 0 Å². The van der Waals surface area contributed by atoms with Crippen molar-refractivity contribution < 1.29 is 14.3 Å². The average Bonchev–Trinajstić information content (AvgIpc) is 2.45. The van der Waals surface area contributed by atoms with Gasteiger partial charge in [0.15, 0.2) is 0 Å². The van der Waals surface area contributed by atoms with E-state index in [1.807, 2.05) is 20.8 Å². The zero-order valence-electron chi connectivity index (χ0n) is 16.7. The van der Waals surface area contributed by atoms with Gasteiger partial charge in [0, 0.05) is 32.6 Å². The molecule has 2 unspecified atom stereocenters. The Morgan fingerprint density at radius 1 is 1.04 bits per heavy atom. The van der Waals surface area contributed by atoms with Crippen LogP contribution in [0.4, 0.5) is 4.79 Å². The van der Waals surface area contributed by atoms with E-state index in [1.165, 1.54) is 19.5 Å². The molecule has 0 saturated carbocycles. The zero-order valence-corrected chi connectivity index (χ0v) is 16.7. The van der Waals surface area contributed by atoms with E-state index >= 15 is 0 Å². The fourth-order valence-electron chi connectivity index (χ4n) is 3.35. The molecule has 2 atom stereocenters. The molecule has 1 heterocycles. The number of ether oxygens (including phenoxy) is 1. The smallest absolute Gasteiger partial charge is 0.407 e. The van der Waals surface area contributed by atoms with Crippen molar-refractivity contribution >= 4 is 12.0 Å². The Kier molecular flexibility index (Phi) is 9.25. The first-order valence-electron chi connectivity index (χ1n) is 9.61. The normalized spacial score (nSPS) is 21.6. The van der Waals surface area contributed by atoms with Crippen LogP contribution in [0.3, 0.4) is 0 Å². The summed E-state index contributed by atoms with van der Waals surface area (Å²) in [6, 6.07) is 0. The molecule has 0 aromatic rings. The highest BCUT2D eigenvalue weighted by Crippen LogP contribution is 2.20. The molecule has 1 saturated heterocycles. The SMILES string of the molecule is CC1CC(C)CN(CCCNC(=O)CCCNC(=O)OC(C)(C)C)C1. The highest BCUT2D eigenvalue weighted by atomic mass is 16.6. The summed E-state index contributed by atoms with van der Waals surface area (Å²) in [5, 5.41) is 5.63. The maximum Gasteiger partial charge on any atom is 0.407 e. The van der Waals surface area contributed by atoms with E-state index in [4.69, 9.17) is 4.74 Å². The Hall–Kier alpha value is -1.30. The summed E-state index contributed by atoms with van der Waals surface area (Å²) in [5.74, 6) is 1.60. The molecule has 1 aliphatic rings. The van der Waals surface area contributed by atoms with Crippen LogP contribution in [0.1, 0.15) is 60.3 Å². The standard InChI is InChI=1S/C19H37N3O3/c1-15-12-16(2)14-22(13-15)11-7-10-20-17(23)8-6-9-21-18(24)25-19(3,4)5/h15-16H,6-14H2,1-5H3,(H,20,23)(H,21,24). The van der Waals surface area contributed by atoms with Gasteiger partial charge < -0.3 is 20.3 Å². The molecule has 6 nitrogen and oxygen atoms in total. The van der Waals surface area contributed by atoms with Gasteiger partial charge in [-0.2, -0.15) is 0 Å². The summed E-state index contributed by atoms with van der Waals surface area (Å²) < 4.78 is 5.14. The van der Waals surface area contributed by atoms with E-state index in [0.717, 1.165) is 31.3 Å². The van der Waals surface area contributed by atoms with Crippen LogP contribution in [0.15, 0.2) is 0 Å². The van der Waals surface area contributed by atoms with Crippen molar-refractivity contribution in [2.75, 3.05) is 32.7 Å². The number of carbonyl (C=O) groups is 2. The van der Waals surface area contributed by atoms with Gasteiger partial charge in [-0.1, -0.05) is 13.8 Å². The lowest BCUT2D eigenvalue weighted by Gasteiger charge is -2.34. The van der Waals surface area contributed by atoms with Crippen molar-refractivity contribution in [1.29, 1.82) is 0 Å². The Morgan fingerprint density at radius 2 is 1.64 bits per heavy atom. The fraction of sp³-hybridized carbons (Fsp3) is 0.895. The molecular formula is C19H37N3O3. The number of likely N-dealkylation sites (tertiary alicyclic amines) is 1. The van der Waals surface area contributed by atoms with Crippen LogP contribution in [-0.4, -0.2) is 55.2 Å². The van der Waals surface area contributed by atoms with E-state index in [9.17, 15) is 9.59 Å². The van der Waals surface area contributed by atoms with Gasteiger partial charge >= 0.3 is 6.09 Å². The first-order valence-corrected chi connectivity index (χ1v) is 9.61. The van der Waals surface area contributed by atoms with Crippen LogP contribution in [0.5, 0.6) is 0 Å². The van der Waals surface area contributed by atoms with Crippen molar-refractivity contribution in [3.63, 3.8) is 0 Å². The number of hydrogen-bond donors (Lipinski definition) is 2. The topological polar surface area (TPSA) is 70.7 Å². The van der Waals surface area contributed by atoms with Crippen LogP contribution in [0.25, 0.3) is 0 Å². The van der Waals surface area contributed by atoms with E-state index < -0.39 is 11.7 Å². The van der Waals surface area contributed by atoms with Gasteiger partial charge in [0.25, 0.3) is 0 Å². The van der Waals surface area contributed by atoms with Crippen molar-refractivity contribution in [2.24, 2.45) is 11.8 Å². The number of hydrogen-bond acceptors (Lipinski definition) is 4. The third-order valence-corrected chi connectivity index (χ3v) is 4.17. The lowest BCUT2D eigenvalue weighted by molar-refractivity contribution is -0.121. The Bertz CT molecular complexity index is 411. The van der Waals surface area contributed by atoms with Crippen LogP contribution in [0, 0.1) is 11.8 Å².